The maximum absolute atomic E-state index is 11.5. The van der Waals surface area contributed by atoms with Crippen molar-refractivity contribution >= 4 is 17.3 Å². The highest BCUT2D eigenvalue weighted by atomic mass is 16.5. The van der Waals surface area contributed by atoms with E-state index in [0.29, 0.717) is 6.61 Å². The third-order valence-electron chi connectivity index (χ3n) is 4.96. The molecule has 0 amide bonds. The lowest BCUT2D eigenvalue weighted by atomic mass is 10.1. The van der Waals surface area contributed by atoms with Crippen LogP contribution in [-0.4, -0.2) is 50.8 Å². The number of hydrogen-bond donors (Lipinski definition) is 0. The number of para-hydroxylation sites is 2. The number of methoxy groups -OCH3 is 1. The van der Waals surface area contributed by atoms with Gasteiger partial charge >= 0.3 is 5.97 Å². The second-order valence-electron chi connectivity index (χ2n) is 6.73. The fraction of sp³-hybridized carbons (Fsp3) is 0.364. The van der Waals surface area contributed by atoms with Crippen molar-refractivity contribution in [1.29, 1.82) is 0 Å². The van der Waals surface area contributed by atoms with Crippen LogP contribution in [0, 0.1) is 5.92 Å². The lowest BCUT2D eigenvalue weighted by molar-refractivity contribution is -0.141. The Balaban J connectivity index is 1.61. The first-order chi connectivity index (χ1) is 13.7. The van der Waals surface area contributed by atoms with E-state index in [9.17, 15) is 4.79 Å². The van der Waals surface area contributed by atoms with Gasteiger partial charge in [0.05, 0.1) is 25.8 Å². The van der Waals surface area contributed by atoms with Crippen LogP contribution < -0.4 is 14.5 Å². The Morgan fingerprint density at radius 1 is 1.14 bits per heavy atom. The van der Waals surface area contributed by atoms with Gasteiger partial charge in [-0.25, -0.2) is 0 Å². The molecule has 6 heteroatoms. The molecule has 0 aliphatic carbocycles. The maximum atomic E-state index is 11.5. The van der Waals surface area contributed by atoms with Gasteiger partial charge < -0.3 is 19.3 Å². The molecule has 1 aliphatic heterocycles. The molecule has 1 aromatic carbocycles. The Bertz CT molecular complexity index is 774. The van der Waals surface area contributed by atoms with Crippen molar-refractivity contribution in [2.24, 2.45) is 5.92 Å². The van der Waals surface area contributed by atoms with Crippen molar-refractivity contribution in [3.8, 4) is 5.75 Å². The minimum absolute atomic E-state index is 0.0796. The van der Waals surface area contributed by atoms with Crippen molar-refractivity contribution in [1.82, 2.24) is 4.98 Å². The van der Waals surface area contributed by atoms with Crippen LogP contribution in [0.3, 0.4) is 0 Å². The summed E-state index contributed by atoms with van der Waals surface area (Å²) >= 11 is 0. The summed E-state index contributed by atoms with van der Waals surface area (Å²) < 4.78 is 10.8. The van der Waals surface area contributed by atoms with E-state index in [0.717, 1.165) is 37.6 Å². The highest BCUT2D eigenvalue weighted by molar-refractivity contribution is 5.69. The van der Waals surface area contributed by atoms with Gasteiger partial charge in [0, 0.05) is 50.2 Å². The van der Waals surface area contributed by atoms with E-state index >= 15 is 0 Å². The summed E-state index contributed by atoms with van der Waals surface area (Å²) in [6.07, 6.45) is 5.67. The Kier molecular flexibility index (Phi) is 6.89. The predicted octanol–water partition coefficient (Wildman–Crippen LogP) is 3.15. The molecule has 0 bridgehead atoms. The third-order valence-corrected chi connectivity index (χ3v) is 4.96. The number of rotatable bonds is 8. The summed E-state index contributed by atoms with van der Waals surface area (Å²) in [6.45, 7) is 7.90. The predicted molar refractivity (Wildman–Crippen MR) is 111 cm³/mol. The lowest BCUT2D eigenvalue weighted by Gasteiger charge is -2.37. The summed E-state index contributed by atoms with van der Waals surface area (Å²) in [5.74, 6) is 0.495. The Morgan fingerprint density at radius 2 is 1.82 bits per heavy atom. The van der Waals surface area contributed by atoms with Crippen molar-refractivity contribution < 1.29 is 14.3 Å². The molecule has 6 nitrogen and oxygen atoms in total. The van der Waals surface area contributed by atoms with Crippen LogP contribution >= 0.6 is 0 Å². The summed E-state index contributed by atoms with van der Waals surface area (Å²) in [7, 11) is 1.39. The van der Waals surface area contributed by atoms with Gasteiger partial charge in [-0.3, -0.25) is 9.78 Å². The molecule has 2 heterocycles. The molecule has 0 radical (unpaired) electrons. The van der Waals surface area contributed by atoms with Crippen LogP contribution in [0.2, 0.25) is 0 Å². The molecule has 1 saturated heterocycles. The van der Waals surface area contributed by atoms with Gasteiger partial charge in [-0.2, -0.15) is 0 Å². The van der Waals surface area contributed by atoms with Crippen molar-refractivity contribution in [3.05, 3.63) is 61.4 Å². The SMILES string of the molecule is C=CC(COc1ccccc1N1CCN(c2ccncc2)CC1)CC(=O)OC. The van der Waals surface area contributed by atoms with Crippen LogP contribution in [0.4, 0.5) is 11.4 Å². The quantitative estimate of drug-likeness (QED) is 0.517. The molecular weight excluding hydrogens is 354 g/mol. The number of aromatic nitrogens is 1. The molecule has 2 aromatic rings. The standard InChI is InChI=1S/C22H27N3O3/c1-3-18(16-22(26)27-2)17-28-21-7-5-4-6-20(21)25-14-12-24(13-15-25)19-8-10-23-11-9-19/h3-11,18H,1,12-17H2,2H3. The smallest absolute Gasteiger partial charge is 0.306 e. The van der Waals surface area contributed by atoms with Crippen molar-refractivity contribution in [2.75, 3.05) is 49.7 Å². The molecule has 148 valence electrons. The number of benzene rings is 1. The van der Waals surface area contributed by atoms with E-state index in [1.165, 1.54) is 12.8 Å². The van der Waals surface area contributed by atoms with Crippen LogP contribution in [0.5, 0.6) is 5.75 Å². The fourth-order valence-corrected chi connectivity index (χ4v) is 3.31. The van der Waals surface area contributed by atoms with E-state index in [1.807, 2.05) is 42.7 Å². The van der Waals surface area contributed by atoms with Crippen LogP contribution in [0.25, 0.3) is 0 Å². The Morgan fingerprint density at radius 3 is 2.50 bits per heavy atom. The molecule has 28 heavy (non-hydrogen) atoms. The molecule has 1 aromatic heterocycles. The number of piperazine rings is 1. The molecule has 1 unspecified atom stereocenters. The molecule has 1 fully saturated rings. The molecular formula is C22H27N3O3. The number of anilines is 2. The van der Waals surface area contributed by atoms with E-state index in [4.69, 9.17) is 9.47 Å². The van der Waals surface area contributed by atoms with Gasteiger partial charge in [0.2, 0.25) is 0 Å². The highest BCUT2D eigenvalue weighted by Gasteiger charge is 2.20. The largest absolute Gasteiger partial charge is 0.491 e. The molecule has 1 atom stereocenters. The summed E-state index contributed by atoms with van der Waals surface area (Å²) in [6, 6.07) is 12.1. The zero-order chi connectivity index (χ0) is 19.8. The van der Waals surface area contributed by atoms with Crippen LogP contribution in [0.15, 0.2) is 61.4 Å². The Labute approximate surface area is 166 Å². The fourth-order valence-electron chi connectivity index (χ4n) is 3.31. The minimum Gasteiger partial charge on any atom is -0.491 e. The van der Waals surface area contributed by atoms with Gasteiger partial charge in [0.25, 0.3) is 0 Å². The first-order valence-corrected chi connectivity index (χ1v) is 9.52. The van der Waals surface area contributed by atoms with Crippen molar-refractivity contribution in [2.45, 2.75) is 6.42 Å². The lowest BCUT2D eigenvalue weighted by Crippen LogP contribution is -2.46. The number of ether oxygens (including phenoxy) is 2. The number of hydrogen-bond acceptors (Lipinski definition) is 6. The van der Waals surface area contributed by atoms with E-state index in [2.05, 4.69) is 27.4 Å². The number of esters is 1. The summed E-state index contributed by atoms with van der Waals surface area (Å²) in [4.78, 5) is 20.3. The molecule has 3 rings (SSSR count). The van der Waals surface area contributed by atoms with Crippen LogP contribution in [-0.2, 0) is 9.53 Å². The number of pyridine rings is 1. The second-order valence-corrected chi connectivity index (χ2v) is 6.73. The average Bonchev–Trinajstić information content (AvgIpc) is 2.77. The number of nitrogens with zero attached hydrogens (tertiary/aromatic N) is 3. The zero-order valence-electron chi connectivity index (χ0n) is 16.3. The van der Waals surface area contributed by atoms with Gasteiger partial charge in [-0.05, 0) is 24.3 Å². The Hall–Kier alpha value is -3.02. The van der Waals surface area contributed by atoms with E-state index in [-0.39, 0.29) is 18.3 Å². The minimum atomic E-state index is -0.256. The first kappa shape index (κ1) is 19.7. The average molecular weight is 381 g/mol. The van der Waals surface area contributed by atoms with E-state index < -0.39 is 0 Å². The zero-order valence-corrected chi connectivity index (χ0v) is 16.3. The normalized spacial score (nSPS) is 15.0. The first-order valence-electron chi connectivity index (χ1n) is 9.52. The summed E-state index contributed by atoms with van der Waals surface area (Å²) in [5.41, 5.74) is 2.29. The van der Waals surface area contributed by atoms with Gasteiger partial charge in [-0.15, -0.1) is 6.58 Å². The number of carbonyl (C=O) groups is 1. The highest BCUT2D eigenvalue weighted by Crippen LogP contribution is 2.30. The topological polar surface area (TPSA) is 54.9 Å². The second kappa shape index (κ2) is 9.78. The maximum Gasteiger partial charge on any atom is 0.306 e. The van der Waals surface area contributed by atoms with Crippen LogP contribution in [0.1, 0.15) is 6.42 Å². The summed E-state index contributed by atoms with van der Waals surface area (Å²) in [5, 5.41) is 0. The number of carbonyl (C=O) groups excluding carboxylic acids is 1. The monoisotopic (exact) mass is 381 g/mol. The van der Waals surface area contributed by atoms with Gasteiger partial charge in [0.15, 0.2) is 0 Å². The molecule has 0 saturated carbocycles. The van der Waals surface area contributed by atoms with Gasteiger partial charge in [0.1, 0.15) is 5.75 Å². The third kappa shape index (κ3) is 5.03. The molecule has 1 aliphatic rings. The molecule has 0 N–H and O–H groups in total. The van der Waals surface area contributed by atoms with E-state index in [1.54, 1.807) is 6.08 Å². The molecule has 0 spiro atoms. The van der Waals surface area contributed by atoms with Gasteiger partial charge in [-0.1, -0.05) is 18.2 Å². The van der Waals surface area contributed by atoms with Crippen molar-refractivity contribution in [3.63, 3.8) is 0 Å².